The van der Waals surface area contributed by atoms with Crippen molar-refractivity contribution >= 4 is 24.7 Å². The second-order valence-electron chi connectivity index (χ2n) is 9.28. The summed E-state index contributed by atoms with van der Waals surface area (Å²) in [5, 5.41) is 2.47. The van der Waals surface area contributed by atoms with Crippen LogP contribution in [0.4, 0.5) is 0 Å². The van der Waals surface area contributed by atoms with Gasteiger partial charge >= 0.3 is 5.97 Å². The second kappa shape index (κ2) is 11.1. The van der Waals surface area contributed by atoms with Crippen LogP contribution < -0.4 is 10.4 Å². The number of hydrogen-bond acceptors (Lipinski definition) is 4. The summed E-state index contributed by atoms with van der Waals surface area (Å²) >= 11 is 0. The molecule has 3 rings (SSSR count). The van der Waals surface area contributed by atoms with E-state index in [1.54, 1.807) is 0 Å². The van der Waals surface area contributed by atoms with Crippen molar-refractivity contribution in [1.82, 2.24) is 0 Å². The highest BCUT2D eigenvalue weighted by molar-refractivity contribution is 6.99. The zero-order chi connectivity index (χ0) is 23.0. The Morgan fingerprint density at radius 2 is 1.62 bits per heavy atom. The molecule has 0 radical (unpaired) electrons. The smallest absolute Gasteiger partial charge is 0.305 e. The first kappa shape index (κ1) is 24.4. The van der Waals surface area contributed by atoms with E-state index < -0.39 is 8.32 Å². The van der Waals surface area contributed by atoms with Gasteiger partial charge in [-0.15, -0.1) is 0 Å². The van der Waals surface area contributed by atoms with Gasteiger partial charge in [0.25, 0.3) is 8.32 Å². The number of rotatable bonds is 9. The molecule has 0 N–H and O–H groups in total. The van der Waals surface area contributed by atoms with Crippen LogP contribution >= 0.6 is 0 Å². The Balaban J connectivity index is 1.79. The molecule has 4 nitrogen and oxygen atoms in total. The molecule has 2 atom stereocenters. The van der Waals surface area contributed by atoms with Crippen LogP contribution in [0.5, 0.6) is 0 Å². The van der Waals surface area contributed by atoms with Crippen LogP contribution in [0.3, 0.4) is 0 Å². The summed E-state index contributed by atoms with van der Waals surface area (Å²) in [4.78, 5) is 11.7. The molecule has 2 aromatic rings. The maximum Gasteiger partial charge on any atom is 0.305 e. The fourth-order valence-corrected chi connectivity index (χ4v) is 9.07. The Morgan fingerprint density at radius 1 is 1.03 bits per heavy atom. The number of carbonyl (C=O) groups excluding carboxylic acids is 1. The Morgan fingerprint density at radius 3 is 2.16 bits per heavy atom. The Bertz CT molecular complexity index is 834. The normalized spacial score (nSPS) is 19.0. The van der Waals surface area contributed by atoms with Gasteiger partial charge in [0.05, 0.1) is 25.4 Å². The van der Waals surface area contributed by atoms with Gasteiger partial charge in [-0.25, -0.2) is 0 Å². The van der Waals surface area contributed by atoms with Crippen LogP contribution in [0.15, 0.2) is 72.8 Å². The van der Waals surface area contributed by atoms with Gasteiger partial charge in [0, 0.05) is 6.42 Å². The fraction of sp³-hybridized carbons (Fsp3) is 0.444. The van der Waals surface area contributed by atoms with Gasteiger partial charge in [0.2, 0.25) is 0 Å². The van der Waals surface area contributed by atoms with Crippen molar-refractivity contribution in [2.75, 3.05) is 13.2 Å². The molecule has 2 aromatic carbocycles. The summed E-state index contributed by atoms with van der Waals surface area (Å²) in [6.45, 7) is 9.60. The highest BCUT2D eigenvalue weighted by Crippen LogP contribution is 2.37. The molecule has 1 aliphatic rings. The summed E-state index contributed by atoms with van der Waals surface area (Å²) in [6, 6.07) is 21.3. The molecule has 0 spiro atoms. The predicted octanol–water partition coefficient (Wildman–Crippen LogP) is 4.62. The van der Waals surface area contributed by atoms with E-state index in [0.717, 1.165) is 6.42 Å². The number of carbonyl (C=O) groups is 1. The lowest BCUT2D eigenvalue weighted by Crippen LogP contribution is -2.67. The van der Waals surface area contributed by atoms with Gasteiger partial charge < -0.3 is 13.9 Å². The van der Waals surface area contributed by atoms with Crippen LogP contribution in [0.1, 0.15) is 47.0 Å². The first-order valence-corrected chi connectivity index (χ1v) is 13.5. The summed E-state index contributed by atoms with van der Waals surface area (Å²) in [7, 11) is -2.58. The third-order valence-corrected chi connectivity index (χ3v) is 11.0. The van der Waals surface area contributed by atoms with E-state index in [2.05, 4.69) is 93.6 Å². The average molecular weight is 453 g/mol. The van der Waals surface area contributed by atoms with E-state index >= 15 is 0 Å². The van der Waals surface area contributed by atoms with E-state index in [0.29, 0.717) is 26.1 Å². The van der Waals surface area contributed by atoms with E-state index in [4.69, 9.17) is 13.9 Å². The molecule has 1 heterocycles. The molecule has 0 unspecified atom stereocenters. The summed E-state index contributed by atoms with van der Waals surface area (Å²) < 4.78 is 18.4. The third kappa shape index (κ3) is 5.77. The van der Waals surface area contributed by atoms with E-state index in [-0.39, 0.29) is 23.2 Å². The third-order valence-electron chi connectivity index (χ3n) is 5.96. The molecule has 0 aliphatic carbocycles. The molecular weight excluding hydrogens is 416 g/mol. The Hall–Kier alpha value is -2.21. The van der Waals surface area contributed by atoms with Crippen LogP contribution in [0.2, 0.25) is 5.04 Å². The average Bonchev–Trinajstić information content (AvgIpc) is 2.79. The largest absolute Gasteiger partial charge is 0.466 e. The minimum absolute atomic E-state index is 0.0335. The lowest BCUT2D eigenvalue weighted by molar-refractivity contribution is -0.144. The van der Waals surface area contributed by atoms with E-state index in [1.165, 1.54) is 10.4 Å². The fourth-order valence-electron chi connectivity index (χ4n) is 4.47. The van der Waals surface area contributed by atoms with Crippen molar-refractivity contribution in [3.63, 3.8) is 0 Å². The molecule has 172 valence electrons. The van der Waals surface area contributed by atoms with Crippen molar-refractivity contribution in [3.8, 4) is 0 Å². The highest BCUT2D eigenvalue weighted by Gasteiger charge is 2.50. The first-order chi connectivity index (χ1) is 15.4. The number of ether oxygens (including phenoxy) is 2. The van der Waals surface area contributed by atoms with Crippen LogP contribution in [0, 0.1) is 0 Å². The molecule has 1 aliphatic heterocycles. The zero-order valence-electron chi connectivity index (χ0n) is 19.8. The van der Waals surface area contributed by atoms with Crippen LogP contribution in [-0.2, 0) is 18.7 Å². The zero-order valence-corrected chi connectivity index (χ0v) is 20.8. The SMILES string of the molecule is CCOC(=O)CC[C@H]1C=CC[C@@H](CO[Si](c2ccccc2)(c2ccccc2)C(C)(C)C)O1. The highest BCUT2D eigenvalue weighted by atomic mass is 28.4. The monoisotopic (exact) mass is 452 g/mol. The summed E-state index contributed by atoms with van der Waals surface area (Å²) in [5.41, 5.74) is 0. The molecule has 32 heavy (non-hydrogen) atoms. The Kier molecular flexibility index (Phi) is 8.46. The van der Waals surface area contributed by atoms with Crippen LogP contribution in [0.25, 0.3) is 0 Å². The summed E-state index contributed by atoms with van der Waals surface area (Å²) in [5.74, 6) is -0.171. The molecule has 0 saturated heterocycles. The van der Waals surface area contributed by atoms with E-state index in [9.17, 15) is 4.79 Å². The molecule has 0 fully saturated rings. The van der Waals surface area contributed by atoms with Crippen molar-refractivity contribution in [3.05, 3.63) is 72.8 Å². The standard InChI is InChI=1S/C27H36O4Si/c1-5-29-26(28)20-19-22-13-12-14-23(31-22)21-30-32(27(2,3)4,24-15-8-6-9-16-24)25-17-10-7-11-18-25/h6-13,15-18,22-23H,5,14,19-21H2,1-4H3/t22-,23+/m1/s1. The van der Waals surface area contributed by atoms with Crippen molar-refractivity contribution in [1.29, 1.82) is 0 Å². The van der Waals surface area contributed by atoms with Crippen molar-refractivity contribution in [2.45, 2.75) is 64.2 Å². The van der Waals surface area contributed by atoms with Crippen molar-refractivity contribution in [2.24, 2.45) is 0 Å². The molecular formula is C27H36O4Si. The van der Waals surface area contributed by atoms with Gasteiger partial charge in [-0.1, -0.05) is 93.6 Å². The number of esters is 1. The summed E-state index contributed by atoms with van der Waals surface area (Å²) in [6.07, 6.45) is 5.90. The van der Waals surface area contributed by atoms with Crippen LogP contribution in [-0.4, -0.2) is 39.7 Å². The quantitative estimate of drug-likeness (QED) is 0.316. The molecule has 0 bridgehead atoms. The Labute approximate surface area is 193 Å². The van der Waals surface area contributed by atoms with Gasteiger partial charge in [0.1, 0.15) is 0 Å². The maximum absolute atomic E-state index is 11.7. The molecule has 5 heteroatoms. The van der Waals surface area contributed by atoms with Gasteiger partial charge in [-0.05, 0) is 35.2 Å². The maximum atomic E-state index is 11.7. The van der Waals surface area contributed by atoms with Crippen molar-refractivity contribution < 1.29 is 18.7 Å². The van der Waals surface area contributed by atoms with Gasteiger partial charge in [0.15, 0.2) is 0 Å². The number of benzene rings is 2. The minimum Gasteiger partial charge on any atom is -0.466 e. The second-order valence-corrected chi connectivity index (χ2v) is 13.6. The van der Waals surface area contributed by atoms with Gasteiger partial charge in [-0.3, -0.25) is 4.79 Å². The molecule has 0 amide bonds. The number of hydrogen-bond donors (Lipinski definition) is 0. The lowest BCUT2D eigenvalue weighted by Gasteiger charge is -2.44. The predicted molar refractivity (Wildman–Crippen MR) is 132 cm³/mol. The first-order valence-electron chi connectivity index (χ1n) is 11.6. The lowest BCUT2D eigenvalue weighted by atomic mass is 10.1. The minimum atomic E-state index is -2.58. The molecule has 0 aromatic heterocycles. The topological polar surface area (TPSA) is 44.8 Å². The molecule has 0 saturated carbocycles. The van der Waals surface area contributed by atoms with Gasteiger partial charge in [-0.2, -0.15) is 0 Å². The van der Waals surface area contributed by atoms with E-state index in [1.807, 2.05) is 6.92 Å².